The minimum atomic E-state index is -3.16. The van der Waals surface area contributed by atoms with E-state index >= 15 is 0 Å². The molecule has 158 valence electrons. The third-order valence-corrected chi connectivity index (χ3v) is 8.74. The summed E-state index contributed by atoms with van der Waals surface area (Å²) in [5.74, 6) is 0.304. The molecule has 2 aliphatic rings. The predicted octanol–water partition coefficient (Wildman–Crippen LogP) is 3.85. The summed E-state index contributed by atoms with van der Waals surface area (Å²) in [7, 11) is -1.62. The average molecular weight is 485 g/mol. The molecular weight excluding hydrogens is 467 g/mol. The molecule has 2 heterocycles. The Bertz CT molecular complexity index is 1140. The van der Waals surface area contributed by atoms with Gasteiger partial charge in [-0.2, -0.15) is 4.99 Å². The molecule has 0 aromatic heterocycles. The van der Waals surface area contributed by atoms with Crippen molar-refractivity contribution in [1.29, 1.82) is 0 Å². The number of methoxy groups -OCH3 is 1. The Kier molecular flexibility index (Phi) is 6.03. The second kappa shape index (κ2) is 8.42. The highest BCUT2D eigenvalue weighted by atomic mass is 35.5. The van der Waals surface area contributed by atoms with Gasteiger partial charge < -0.3 is 9.64 Å². The van der Waals surface area contributed by atoms with Crippen molar-refractivity contribution < 1.29 is 17.9 Å². The molecule has 1 amide bonds. The molecule has 10 heteroatoms. The van der Waals surface area contributed by atoms with Crippen LogP contribution in [0.2, 0.25) is 10.0 Å². The zero-order valence-corrected chi connectivity index (χ0v) is 19.1. The van der Waals surface area contributed by atoms with Crippen LogP contribution in [0, 0.1) is 0 Å². The Hall–Kier alpha value is -1.74. The lowest BCUT2D eigenvalue weighted by Gasteiger charge is -2.25. The molecule has 2 saturated heterocycles. The highest BCUT2D eigenvalue weighted by Crippen LogP contribution is 2.43. The van der Waals surface area contributed by atoms with Gasteiger partial charge in [0.1, 0.15) is 5.75 Å². The first-order valence-corrected chi connectivity index (χ1v) is 12.6. The maximum atomic E-state index is 12.7. The normalized spacial score (nSPS) is 23.6. The number of benzene rings is 2. The van der Waals surface area contributed by atoms with E-state index in [0.29, 0.717) is 26.6 Å². The van der Waals surface area contributed by atoms with Gasteiger partial charge in [-0.25, -0.2) is 8.42 Å². The Balaban J connectivity index is 1.68. The second-order valence-corrected chi connectivity index (χ2v) is 11.2. The van der Waals surface area contributed by atoms with E-state index in [0.717, 1.165) is 5.56 Å². The highest BCUT2D eigenvalue weighted by Gasteiger charge is 2.49. The number of sulfone groups is 1. The molecule has 0 N–H and O–H groups in total. The predicted molar refractivity (Wildman–Crippen MR) is 122 cm³/mol. The number of hydrogen-bond acceptors (Lipinski definition) is 5. The quantitative estimate of drug-likeness (QED) is 0.655. The Morgan fingerprint density at radius 1 is 1.23 bits per heavy atom. The van der Waals surface area contributed by atoms with Crippen molar-refractivity contribution >= 4 is 61.6 Å². The number of ether oxygens (including phenoxy) is 1. The average Bonchev–Trinajstić information content (AvgIpc) is 3.13. The van der Waals surface area contributed by atoms with Crippen molar-refractivity contribution in [2.45, 2.75) is 17.7 Å². The van der Waals surface area contributed by atoms with Crippen molar-refractivity contribution in [2.75, 3.05) is 23.5 Å². The molecule has 6 nitrogen and oxygen atoms in total. The monoisotopic (exact) mass is 484 g/mol. The molecule has 2 aliphatic heterocycles. The molecule has 4 rings (SSSR count). The van der Waals surface area contributed by atoms with E-state index in [9.17, 15) is 13.2 Å². The van der Waals surface area contributed by atoms with Gasteiger partial charge in [-0.05, 0) is 24.3 Å². The Labute approximate surface area is 189 Å². The van der Waals surface area contributed by atoms with E-state index in [-0.39, 0.29) is 35.1 Å². The number of fused-ring (bicyclic) bond motifs is 1. The second-order valence-electron chi connectivity index (χ2n) is 7.04. The number of anilines is 1. The fraction of sp³-hybridized carbons (Fsp3) is 0.300. The summed E-state index contributed by atoms with van der Waals surface area (Å²) in [5, 5.41) is 1.08. The van der Waals surface area contributed by atoms with Crippen molar-refractivity contribution in [1.82, 2.24) is 0 Å². The van der Waals surface area contributed by atoms with E-state index in [1.807, 2.05) is 18.2 Å². The number of aliphatic imine (C=N–C) groups is 1. The lowest BCUT2D eigenvalue weighted by atomic mass is 10.1. The van der Waals surface area contributed by atoms with E-state index in [1.165, 1.54) is 11.8 Å². The number of amides is 1. The molecule has 0 unspecified atom stereocenters. The number of thioether (sulfide) groups is 1. The molecule has 2 aromatic rings. The van der Waals surface area contributed by atoms with Gasteiger partial charge in [-0.15, -0.1) is 0 Å². The molecular formula is C20H18Cl2N2O4S2. The number of nitrogens with zero attached hydrogens (tertiary/aromatic N) is 2. The maximum absolute atomic E-state index is 12.7. The number of amidine groups is 1. The molecule has 30 heavy (non-hydrogen) atoms. The Morgan fingerprint density at radius 3 is 2.73 bits per heavy atom. The summed E-state index contributed by atoms with van der Waals surface area (Å²) >= 11 is 13.7. The summed E-state index contributed by atoms with van der Waals surface area (Å²) in [6, 6.07) is 11.9. The fourth-order valence-electron chi connectivity index (χ4n) is 3.68. The number of hydrogen-bond donors (Lipinski definition) is 0. The summed E-state index contributed by atoms with van der Waals surface area (Å²) in [6.07, 6.45) is 0.0733. The van der Waals surface area contributed by atoms with Gasteiger partial charge in [0, 0.05) is 15.8 Å². The zero-order chi connectivity index (χ0) is 21.5. The van der Waals surface area contributed by atoms with E-state index in [1.54, 1.807) is 36.3 Å². The van der Waals surface area contributed by atoms with Gasteiger partial charge in [0.2, 0.25) is 0 Å². The lowest BCUT2D eigenvalue weighted by Crippen LogP contribution is -2.38. The third-order valence-electron chi connectivity index (χ3n) is 4.99. The van der Waals surface area contributed by atoms with Gasteiger partial charge in [0.25, 0.3) is 5.91 Å². The van der Waals surface area contributed by atoms with Crippen LogP contribution in [0.25, 0.3) is 0 Å². The van der Waals surface area contributed by atoms with Gasteiger partial charge in [-0.3, -0.25) is 4.79 Å². The summed E-state index contributed by atoms with van der Waals surface area (Å²) < 4.78 is 29.7. The van der Waals surface area contributed by atoms with Gasteiger partial charge >= 0.3 is 0 Å². The van der Waals surface area contributed by atoms with Gasteiger partial charge in [-0.1, -0.05) is 53.2 Å². The van der Waals surface area contributed by atoms with Gasteiger partial charge in [0.15, 0.2) is 15.0 Å². The van der Waals surface area contributed by atoms with Crippen LogP contribution < -0.4 is 9.64 Å². The van der Waals surface area contributed by atoms with Crippen LogP contribution in [0.5, 0.6) is 5.75 Å². The third kappa shape index (κ3) is 4.32. The molecule has 0 bridgehead atoms. The molecule has 0 saturated carbocycles. The number of rotatable bonds is 4. The van der Waals surface area contributed by atoms with Crippen molar-refractivity contribution in [3.05, 3.63) is 58.1 Å². The highest BCUT2D eigenvalue weighted by molar-refractivity contribution is 8.16. The first-order valence-electron chi connectivity index (χ1n) is 9.12. The van der Waals surface area contributed by atoms with Gasteiger partial charge in [0.05, 0.1) is 41.8 Å². The summed E-state index contributed by atoms with van der Waals surface area (Å²) in [6.45, 7) is 0. The standard InChI is InChI=1S/C20H18Cl2N2O4S2/c1-28-17-5-3-2-4-12(17)8-19(25)23-20-24(15-7-6-13(21)9-14(15)22)16-10-30(26,27)11-18(16)29-20/h2-7,9,16,18H,8,10-11H2,1H3/t16-,18-/m1/s1. The number of carbonyl (C=O) groups is 1. The minimum absolute atomic E-state index is 0.0106. The zero-order valence-electron chi connectivity index (χ0n) is 15.9. The lowest BCUT2D eigenvalue weighted by molar-refractivity contribution is -0.117. The molecule has 2 atom stereocenters. The summed E-state index contributed by atoms with van der Waals surface area (Å²) in [4.78, 5) is 18.8. The van der Waals surface area contributed by atoms with Crippen molar-refractivity contribution in [2.24, 2.45) is 4.99 Å². The smallest absolute Gasteiger partial charge is 0.252 e. The van der Waals surface area contributed by atoms with E-state index in [2.05, 4.69) is 4.99 Å². The van der Waals surface area contributed by atoms with Crippen LogP contribution in [0.1, 0.15) is 5.56 Å². The first-order chi connectivity index (χ1) is 14.3. The van der Waals surface area contributed by atoms with E-state index < -0.39 is 9.84 Å². The fourth-order valence-corrected chi connectivity index (χ4v) is 8.10. The minimum Gasteiger partial charge on any atom is -0.496 e. The van der Waals surface area contributed by atoms with Crippen LogP contribution in [0.4, 0.5) is 5.69 Å². The molecule has 0 aliphatic carbocycles. The van der Waals surface area contributed by atoms with Crippen LogP contribution in [-0.4, -0.2) is 49.4 Å². The number of halogens is 2. The largest absolute Gasteiger partial charge is 0.496 e. The topological polar surface area (TPSA) is 76.0 Å². The molecule has 0 radical (unpaired) electrons. The van der Waals surface area contributed by atoms with Crippen molar-refractivity contribution in [3.8, 4) is 5.75 Å². The molecule has 2 aromatic carbocycles. The number of carbonyl (C=O) groups excluding carboxylic acids is 1. The number of para-hydroxylation sites is 1. The maximum Gasteiger partial charge on any atom is 0.252 e. The van der Waals surface area contributed by atoms with Crippen LogP contribution in [0.3, 0.4) is 0 Å². The first kappa shape index (κ1) is 21.5. The van der Waals surface area contributed by atoms with E-state index in [4.69, 9.17) is 27.9 Å². The molecule has 0 spiro atoms. The van der Waals surface area contributed by atoms with Crippen LogP contribution in [0.15, 0.2) is 47.5 Å². The van der Waals surface area contributed by atoms with Crippen molar-refractivity contribution in [3.63, 3.8) is 0 Å². The summed E-state index contributed by atoms with van der Waals surface area (Å²) in [5.41, 5.74) is 1.32. The molecule has 2 fully saturated rings. The Morgan fingerprint density at radius 2 is 2.00 bits per heavy atom. The van der Waals surface area contributed by atoms with Crippen LogP contribution in [-0.2, 0) is 21.1 Å². The van der Waals surface area contributed by atoms with Crippen LogP contribution >= 0.6 is 35.0 Å². The SMILES string of the molecule is COc1ccccc1CC(=O)N=C1S[C@@H]2CS(=O)(=O)C[C@H]2N1c1ccc(Cl)cc1Cl.